The summed E-state index contributed by atoms with van der Waals surface area (Å²) in [5.41, 5.74) is 0.982. The highest BCUT2D eigenvalue weighted by Crippen LogP contribution is 2.20. The Bertz CT molecular complexity index is 454. The number of para-hydroxylation sites is 1. The van der Waals surface area contributed by atoms with Gasteiger partial charge in [0.25, 0.3) is 5.69 Å². The minimum atomic E-state index is -0.325. The lowest BCUT2D eigenvalue weighted by molar-refractivity contribution is -0.385. The van der Waals surface area contributed by atoms with Crippen LogP contribution in [-0.4, -0.2) is 35.7 Å². The van der Waals surface area contributed by atoms with Crippen LogP contribution >= 0.6 is 0 Å². The lowest BCUT2D eigenvalue weighted by Crippen LogP contribution is -2.35. The van der Waals surface area contributed by atoms with Crippen molar-refractivity contribution in [1.82, 2.24) is 4.90 Å². The topological polar surface area (TPSA) is 63.5 Å². The molecular weight excluding hydrogens is 244 g/mol. The zero-order valence-electron chi connectivity index (χ0n) is 10.8. The van der Waals surface area contributed by atoms with E-state index in [4.69, 9.17) is 0 Å². The molecule has 102 valence electrons. The zero-order valence-corrected chi connectivity index (χ0v) is 10.8. The van der Waals surface area contributed by atoms with Crippen LogP contribution in [0.1, 0.15) is 18.4 Å². The maximum atomic E-state index is 10.9. The number of rotatable bonds is 5. The van der Waals surface area contributed by atoms with Gasteiger partial charge in [0.05, 0.1) is 4.92 Å². The fourth-order valence-electron chi connectivity index (χ4n) is 2.49. The Morgan fingerprint density at radius 2 is 2.00 bits per heavy atom. The number of nitrogens with zero attached hydrogens (tertiary/aromatic N) is 2. The molecule has 0 radical (unpaired) electrons. The number of nitro benzene ring substituents is 1. The predicted octanol–water partition coefficient (Wildman–Crippen LogP) is 2.05. The van der Waals surface area contributed by atoms with Gasteiger partial charge in [-0.15, -0.1) is 0 Å². The Balaban J connectivity index is 1.89. The van der Waals surface area contributed by atoms with E-state index in [1.807, 2.05) is 12.1 Å². The molecule has 1 aliphatic rings. The highest BCUT2D eigenvalue weighted by atomic mass is 16.6. The predicted molar refractivity (Wildman–Crippen MR) is 72.0 cm³/mol. The smallest absolute Gasteiger partial charge is 0.272 e. The van der Waals surface area contributed by atoms with Gasteiger partial charge in [0, 0.05) is 24.1 Å². The van der Waals surface area contributed by atoms with Gasteiger partial charge in [-0.2, -0.15) is 0 Å². The molecule has 19 heavy (non-hydrogen) atoms. The lowest BCUT2D eigenvalue weighted by Gasteiger charge is -2.29. The van der Waals surface area contributed by atoms with E-state index in [0.29, 0.717) is 6.42 Å². The van der Waals surface area contributed by atoms with Crippen LogP contribution in [0.3, 0.4) is 0 Å². The first-order valence-electron chi connectivity index (χ1n) is 6.60. The summed E-state index contributed by atoms with van der Waals surface area (Å²) < 4.78 is 0. The van der Waals surface area contributed by atoms with Crippen molar-refractivity contribution in [2.75, 3.05) is 19.6 Å². The first-order valence-corrected chi connectivity index (χ1v) is 6.60. The molecule has 0 atom stereocenters. The molecule has 0 bridgehead atoms. The standard InChI is InChI=1S/C14H18N2O3/c17-11-12-5-8-15(9-6-12)10-7-13-3-1-2-4-14(13)16(18)19/h1-4,11-12H,5-10H2. The van der Waals surface area contributed by atoms with E-state index >= 15 is 0 Å². The second-order valence-corrected chi connectivity index (χ2v) is 4.95. The lowest BCUT2D eigenvalue weighted by atomic mass is 9.98. The van der Waals surface area contributed by atoms with Gasteiger partial charge in [-0.3, -0.25) is 10.1 Å². The molecule has 0 unspecified atom stereocenters. The SMILES string of the molecule is O=CC1CCN(CCc2ccccc2[N+](=O)[O-])CC1. The van der Waals surface area contributed by atoms with Gasteiger partial charge in [0.1, 0.15) is 6.29 Å². The number of nitro groups is 1. The van der Waals surface area contributed by atoms with Gasteiger partial charge in [0.2, 0.25) is 0 Å². The summed E-state index contributed by atoms with van der Waals surface area (Å²) in [4.78, 5) is 23.5. The second kappa shape index (κ2) is 6.43. The van der Waals surface area contributed by atoms with Crippen LogP contribution in [0.25, 0.3) is 0 Å². The second-order valence-electron chi connectivity index (χ2n) is 4.95. The Kier molecular flexibility index (Phi) is 4.63. The third-order valence-corrected chi connectivity index (χ3v) is 3.71. The van der Waals surface area contributed by atoms with Gasteiger partial charge in [-0.25, -0.2) is 0 Å². The molecule has 2 rings (SSSR count). The molecule has 0 N–H and O–H groups in total. The molecular formula is C14H18N2O3. The summed E-state index contributed by atoms with van der Waals surface area (Å²) >= 11 is 0. The van der Waals surface area contributed by atoms with Crippen LogP contribution in [0, 0.1) is 16.0 Å². The third kappa shape index (κ3) is 3.61. The molecule has 1 aromatic rings. The van der Waals surface area contributed by atoms with Crippen LogP contribution < -0.4 is 0 Å². The molecule has 1 aromatic carbocycles. The largest absolute Gasteiger partial charge is 0.303 e. The average Bonchev–Trinajstić information content (AvgIpc) is 2.46. The molecule has 1 fully saturated rings. The van der Waals surface area contributed by atoms with E-state index in [-0.39, 0.29) is 16.5 Å². The van der Waals surface area contributed by atoms with Crippen molar-refractivity contribution in [2.45, 2.75) is 19.3 Å². The highest BCUT2D eigenvalue weighted by molar-refractivity contribution is 5.53. The van der Waals surface area contributed by atoms with E-state index in [9.17, 15) is 14.9 Å². The van der Waals surface area contributed by atoms with Gasteiger partial charge in [-0.1, -0.05) is 18.2 Å². The first-order chi connectivity index (χ1) is 9.20. The molecule has 1 saturated heterocycles. The normalized spacial score (nSPS) is 17.3. The summed E-state index contributed by atoms with van der Waals surface area (Å²) in [5, 5.41) is 10.9. The zero-order chi connectivity index (χ0) is 13.7. The van der Waals surface area contributed by atoms with E-state index in [0.717, 1.165) is 44.3 Å². The Morgan fingerprint density at radius 3 is 2.63 bits per heavy atom. The maximum absolute atomic E-state index is 10.9. The van der Waals surface area contributed by atoms with Crippen molar-refractivity contribution in [3.05, 3.63) is 39.9 Å². The molecule has 1 heterocycles. The number of carbonyl (C=O) groups excluding carboxylic acids is 1. The summed E-state index contributed by atoms with van der Waals surface area (Å²) in [7, 11) is 0. The van der Waals surface area contributed by atoms with Gasteiger partial charge in [0.15, 0.2) is 0 Å². The summed E-state index contributed by atoms with van der Waals surface area (Å²) in [6, 6.07) is 6.89. The molecule has 0 spiro atoms. The van der Waals surface area contributed by atoms with Crippen LogP contribution in [0.2, 0.25) is 0 Å². The third-order valence-electron chi connectivity index (χ3n) is 3.71. The number of benzene rings is 1. The molecule has 0 saturated carbocycles. The average molecular weight is 262 g/mol. The van der Waals surface area contributed by atoms with E-state index in [2.05, 4.69) is 4.90 Å². The van der Waals surface area contributed by atoms with Crippen LogP contribution in [0.15, 0.2) is 24.3 Å². The first kappa shape index (κ1) is 13.7. The summed E-state index contributed by atoms with van der Waals surface area (Å²) in [5.74, 6) is 0.197. The van der Waals surface area contributed by atoms with E-state index in [1.165, 1.54) is 0 Å². The number of carbonyl (C=O) groups is 1. The van der Waals surface area contributed by atoms with Gasteiger partial charge < -0.3 is 9.69 Å². The van der Waals surface area contributed by atoms with Crippen molar-refractivity contribution in [3.8, 4) is 0 Å². The fraction of sp³-hybridized carbons (Fsp3) is 0.500. The highest BCUT2D eigenvalue weighted by Gasteiger charge is 2.19. The minimum Gasteiger partial charge on any atom is -0.303 e. The molecule has 0 aromatic heterocycles. The van der Waals surface area contributed by atoms with Crippen molar-refractivity contribution in [2.24, 2.45) is 5.92 Å². The Morgan fingerprint density at radius 1 is 1.32 bits per heavy atom. The summed E-state index contributed by atoms with van der Waals surface area (Å²) in [6.45, 7) is 2.63. The minimum absolute atomic E-state index is 0.197. The molecule has 5 nitrogen and oxygen atoms in total. The van der Waals surface area contributed by atoms with Crippen molar-refractivity contribution in [1.29, 1.82) is 0 Å². The van der Waals surface area contributed by atoms with Crippen molar-refractivity contribution >= 4 is 12.0 Å². The molecule has 5 heteroatoms. The van der Waals surface area contributed by atoms with Crippen LogP contribution in [0.4, 0.5) is 5.69 Å². The fourth-order valence-corrected chi connectivity index (χ4v) is 2.49. The quantitative estimate of drug-likeness (QED) is 0.463. The van der Waals surface area contributed by atoms with Gasteiger partial charge >= 0.3 is 0 Å². The number of hydrogen-bond acceptors (Lipinski definition) is 4. The van der Waals surface area contributed by atoms with Crippen molar-refractivity contribution in [3.63, 3.8) is 0 Å². The van der Waals surface area contributed by atoms with Gasteiger partial charge in [-0.05, 0) is 32.4 Å². The van der Waals surface area contributed by atoms with E-state index < -0.39 is 0 Å². The Hall–Kier alpha value is -1.75. The van der Waals surface area contributed by atoms with E-state index in [1.54, 1.807) is 12.1 Å². The van der Waals surface area contributed by atoms with Crippen molar-refractivity contribution < 1.29 is 9.72 Å². The molecule has 1 aliphatic heterocycles. The summed E-state index contributed by atoms with van der Waals surface area (Å²) in [6.07, 6.45) is 3.53. The van der Waals surface area contributed by atoms with Crippen LogP contribution in [-0.2, 0) is 11.2 Å². The van der Waals surface area contributed by atoms with Crippen LogP contribution in [0.5, 0.6) is 0 Å². The maximum Gasteiger partial charge on any atom is 0.272 e. The molecule has 0 aliphatic carbocycles. The number of aldehydes is 1. The molecule has 0 amide bonds. The number of piperidine rings is 1. The monoisotopic (exact) mass is 262 g/mol. The Labute approximate surface area is 112 Å². The number of hydrogen-bond donors (Lipinski definition) is 0. The number of likely N-dealkylation sites (tertiary alicyclic amines) is 1.